The quantitative estimate of drug-likeness (QED) is 0.861. The Labute approximate surface area is 119 Å². The Bertz CT molecular complexity index is 556. The molecule has 0 radical (unpaired) electrons. The summed E-state index contributed by atoms with van der Waals surface area (Å²) in [5.41, 5.74) is 0.768. The van der Waals surface area contributed by atoms with Gasteiger partial charge < -0.3 is 19.8 Å². The third-order valence-electron chi connectivity index (χ3n) is 2.60. The summed E-state index contributed by atoms with van der Waals surface area (Å²) in [6.45, 7) is -2.28. The fourth-order valence-corrected chi connectivity index (χ4v) is 1.61. The summed E-state index contributed by atoms with van der Waals surface area (Å²) in [5.74, 6) is 0.731. The number of carbonyl (C=O) groups excluding carboxylic acids is 1. The van der Waals surface area contributed by atoms with Gasteiger partial charge in [-0.25, -0.2) is 4.79 Å². The molecule has 0 bridgehead atoms. The lowest BCUT2D eigenvalue weighted by Gasteiger charge is -2.08. The SMILES string of the molecule is O=C(NCc1ccc(OC(F)F)cc1)NCc1ccco1. The van der Waals surface area contributed by atoms with Crippen molar-refractivity contribution in [3.63, 3.8) is 0 Å². The Balaban J connectivity index is 1.73. The number of ether oxygens (including phenoxy) is 1. The molecule has 1 heterocycles. The van der Waals surface area contributed by atoms with Gasteiger partial charge in [-0.2, -0.15) is 8.78 Å². The number of alkyl halides is 2. The molecule has 2 amide bonds. The Kier molecular flexibility index (Phi) is 5.14. The first kappa shape index (κ1) is 14.8. The van der Waals surface area contributed by atoms with Crippen LogP contribution in [0.5, 0.6) is 5.75 Å². The van der Waals surface area contributed by atoms with Gasteiger partial charge in [-0.1, -0.05) is 12.1 Å². The second kappa shape index (κ2) is 7.28. The van der Waals surface area contributed by atoms with Crippen LogP contribution >= 0.6 is 0 Å². The second-order valence-corrected chi connectivity index (χ2v) is 4.14. The molecule has 2 aromatic rings. The van der Waals surface area contributed by atoms with Gasteiger partial charge in [0.1, 0.15) is 11.5 Å². The van der Waals surface area contributed by atoms with Crippen LogP contribution in [-0.2, 0) is 13.1 Å². The largest absolute Gasteiger partial charge is 0.467 e. The Morgan fingerprint density at radius 1 is 1.14 bits per heavy atom. The highest BCUT2D eigenvalue weighted by Gasteiger charge is 2.05. The van der Waals surface area contributed by atoms with E-state index >= 15 is 0 Å². The zero-order valence-electron chi connectivity index (χ0n) is 11.0. The molecule has 1 aromatic heterocycles. The van der Waals surface area contributed by atoms with E-state index in [1.807, 2.05) is 0 Å². The van der Waals surface area contributed by atoms with E-state index < -0.39 is 6.61 Å². The molecule has 0 aliphatic heterocycles. The molecule has 0 fully saturated rings. The van der Waals surface area contributed by atoms with E-state index in [0.29, 0.717) is 12.3 Å². The average Bonchev–Trinajstić information content (AvgIpc) is 2.97. The van der Waals surface area contributed by atoms with Gasteiger partial charge in [0.05, 0.1) is 12.8 Å². The number of benzene rings is 1. The summed E-state index contributed by atoms with van der Waals surface area (Å²) < 4.78 is 33.3. The van der Waals surface area contributed by atoms with Crippen molar-refractivity contribution in [2.75, 3.05) is 0 Å². The molecule has 2 rings (SSSR count). The van der Waals surface area contributed by atoms with Gasteiger partial charge in [-0.3, -0.25) is 0 Å². The number of urea groups is 1. The first-order chi connectivity index (χ1) is 10.1. The predicted octanol–water partition coefficient (Wildman–Crippen LogP) is 2.88. The molecule has 0 spiro atoms. The summed E-state index contributed by atoms with van der Waals surface area (Å²) in [6, 6.07) is 9.18. The standard InChI is InChI=1S/C14H14F2N2O3/c15-13(16)21-11-5-3-10(4-6-11)8-17-14(19)18-9-12-2-1-7-20-12/h1-7,13H,8-9H2,(H2,17,18,19). The van der Waals surface area contributed by atoms with Crippen LogP contribution in [0.15, 0.2) is 47.1 Å². The third kappa shape index (κ3) is 5.13. The molecule has 21 heavy (non-hydrogen) atoms. The van der Waals surface area contributed by atoms with Gasteiger partial charge in [0.2, 0.25) is 0 Å². The normalized spacial score (nSPS) is 10.4. The van der Waals surface area contributed by atoms with Gasteiger partial charge in [-0.05, 0) is 29.8 Å². The van der Waals surface area contributed by atoms with E-state index in [2.05, 4.69) is 15.4 Å². The van der Waals surface area contributed by atoms with E-state index in [4.69, 9.17) is 4.42 Å². The van der Waals surface area contributed by atoms with Crippen LogP contribution in [0.4, 0.5) is 13.6 Å². The predicted molar refractivity (Wildman–Crippen MR) is 70.9 cm³/mol. The highest BCUT2D eigenvalue weighted by molar-refractivity contribution is 5.73. The summed E-state index contributed by atoms with van der Waals surface area (Å²) in [7, 11) is 0. The van der Waals surface area contributed by atoms with Crippen LogP contribution in [0.2, 0.25) is 0 Å². The van der Waals surface area contributed by atoms with Crippen molar-refractivity contribution in [2.45, 2.75) is 19.7 Å². The molecule has 0 unspecified atom stereocenters. The lowest BCUT2D eigenvalue weighted by Crippen LogP contribution is -2.34. The van der Waals surface area contributed by atoms with E-state index in [9.17, 15) is 13.6 Å². The molecule has 2 N–H and O–H groups in total. The van der Waals surface area contributed by atoms with Crippen molar-refractivity contribution in [2.24, 2.45) is 0 Å². The fourth-order valence-electron chi connectivity index (χ4n) is 1.61. The maximum absolute atomic E-state index is 12.0. The summed E-state index contributed by atoms with van der Waals surface area (Å²) >= 11 is 0. The average molecular weight is 296 g/mol. The first-order valence-corrected chi connectivity index (χ1v) is 6.21. The van der Waals surface area contributed by atoms with Crippen LogP contribution < -0.4 is 15.4 Å². The maximum Gasteiger partial charge on any atom is 0.387 e. The van der Waals surface area contributed by atoms with Gasteiger partial charge >= 0.3 is 12.6 Å². The minimum atomic E-state index is -2.85. The minimum Gasteiger partial charge on any atom is -0.467 e. The highest BCUT2D eigenvalue weighted by Crippen LogP contribution is 2.14. The Hall–Kier alpha value is -2.57. The summed E-state index contributed by atoms with van der Waals surface area (Å²) in [4.78, 5) is 11.5. The fraction of sp³-hybridized carbons (Fsp3) is 0.214. The van der Waals surface area contributed by atoms with Crippen molar-refractivity contribution in [1.82, 2.24) is 10.6 Å². The topological polar surface area (TPSA) is 63.5 Å². The van der Waals surface area contributed by atoms with Gasteiger partial charge in [0, 0.05) is 6.54 Å². The molecule has 112 valence electrons. The van der Waals surface area contributed by atoms with E-state index in [1.54, 1.807) is 24.3 Å². The molecule has 0 saturated carbocycles. The molecule has 5 nitrogen and oxygen atoms in total. The number of halogens is 2. The number of carbonyl (C=O) groups is 1. The van der Waals surface area contributed by atoms with Crippen LogP contribution in [0.3, 0.4) is 0 Å². The molecule has 0 aliphatic carbocycles. The number of hydrogen-bond acceptors (Lipinski definition) is 3. The molecule has 1 aromatic carbocycles. The monoisotopic (exact) mass is 296 g/mol. The lowest BCUT2D eigenvalue weighted by atomic mass is 10.2. The molecule has 0 aliphatic rings. The molecule has 0 atom stereocenters. The summed E-state index contributed by atoms with van der Waals surface area (Å²) in [5, 5.41) is 5.27. The first-order valence-electron chi connectivity index (χ1n) is 6.21. The lowest BCUT2D eigenvalue weighted by molar-refractivity contribution is -0.0498. The van der Waals surface area contributed by atoms with Crippen molar-refractivity contribution in [3.8, 4) is 5.75 Å². The van der Waals surface area contributed by atoms with Gasteiger partial charge in [0.25, 0.3) is 0 Å². The Morgan fingerprint density at radius 3 is 2.48 bits per heavy atom. The molecule has 0 saturated heterocycles. The van der Waals surface area contributed by atoms with E-state index in [1.165, 1.54) is 18.4 Å². The second-order valence-electron chi connectivity index (χ2n) is 4.14. The van der Waals surface area contributed by atoms with E-state index in [-0.39, 0.29) is 18.3 Å². The van der Waals surface area contributed by atoms with Crippen molar-refractivity contribution >= 4 is 6.03 Å². The minimum absolute atomic E-state index is 0.0796. The molecular formula is C14H14F2N2O3. The van der Waals surface area contributed by atoms with E-state index in [0.717, 1.165) is 5.56 Å². The zero-order chi connectivity index (χ0) is 15.1. The van der Waals surface area contributed by atoms with Crippen LogP contribution in [0.25, 0.3) is 0 Å². The van der Waals surface area contributed by atoms with Crippen molar-refractivity contribution < 1.29 is 22.7 Å². The number of hydrogen-bond donors (Lipinski definition) is 2. The molecule has 7 heteroatoms. The van der Waals surface area contributed by atoms with Crippen LogP contribution in [0, 0.1) is 0 Å². The smallest absolute Gasteiger partial charge is 0.387 e. The number of amides is 2. The van der Waals surface area contributed by atoms with Crippen LogP contribution in [0.1, 0.15) is 11.3 Å². The number of rotatable bonds is 6. The van der Waals surface area contributed by atoms with Crippen molar-refractivity contribution in [1.29, 1.82) is 0 Å². The number of nitrogens with one attached hydrogen (secondary N) is 2. The zero-order valence-corrected chi connectivity index (χ0v) is 11.0. The van der Waals surface area contributed by atoms with Gasteiger partial charge in [0.15, 0.2) is 0 Å². The number of furan rings is 1. The molecular weight excluding hydrogens is 282 g/mol. The van der Waals surface area contributed by atoms with Gasteiger partial charge in [-0.15, -0.1) is 0 Å². The summed E-state index contributed by atoms with van der Waals surface area (Å²) in [6.07, 6.45) is 1.53. The van der Waals surface area contributed by atoms with Crippen molar-refractivity contribution in [3.05, 3.63) is 54.0 Å². The van der Waals surface area contributed by atoms with Crippen LogP contribution in [-0.4, -0.2) is 12.6 Å². The maximum atomic E-state index is 12.0. The highest BCUT2D eigenvalue weighted by atomic mass is 19.3. The Morgan fingerprint density at radius 2 is 1.86 bits per heavy atom. The third-order valence-corrected chi connectivity index (χ3v) is 2.60.